The van der Waals surface area contributed by atoms with Crippen molar-refractivity contribution in [3.05, 3.63) is 58.1 Å². The lowest BCUT2D eigenvalue weighted by atomic mass is 10.1. The molecule has 2 heterocycles. The largest absolute Gasteiger partial charge is 0.332 e. The van der Waals surface area contributed by atoms with Crippen LogP contribution in [0, 0.1) is 10.1 Å². The smallest absolute Gasteiger partial charge is 0.258 e. The normalized spacial score (nSPS) is 10.7. The highest BCUT2D eigenvalue weighted by atomic mass is 35.5. The van der Waals surface area contributed by atoms with Crippen molar-refractivity contribution in [2.75, 3.05) is 0 Å². The average molecular weight is 287 g/mol. The zero-order chi connectivity index (χ0) is 14.1. The first-order valence-corrected chi connectivity index (χ1v) is 6.04. The molecule has 0 aliphatic rings. The fourth-order valence-electron chi connectivity index (χ4n) is 1.93. The summed E-state index contributed by atoms with van der Waals surface area (Å²) in [5.41, 5.74) is 1.18. The van der Waals surface area contributed by atoms with Gasteiger partial charge in [-0.3, -0.25) is 15.1 Å². The fourth-order valence-corrected chi connectivity index (χ4v) is 2.13. The molecule has 0 aliphatic heterocycles. The third-order valence-corrected chi connectivity index (χ3v) is 3.10. The number of nitro groups is 1. The number of para-hydroxylation sites is 1. The van der Waals surface area contributed by atoms with Crippen LogP contribution in [0.1, 0.15) is 0 Å². The predicted molar refractivity (Wildman–Crippen MR) is 74.4 cm³/mol. The number of fused-ring (bicyclic) bond motifs is 1. The molecule has 0 N–H and O–H groups in total. The van der Waals surface area contributed by atoms with Gasteiger partial charge in [0.25, 0.3) is 0 Å². The van der Waals surface area contributed by atoms with Gasteiger partial charge in [0.05, 0.1) is 10.4 Å². The number of rotatable bonds is 2. The fraction of sp³-hybridized carbons (Fsp3) is 0. The average Bonchev–Trinajstić information content (AvgIpc) is 2.46. The van der Waals surface area contributed by atoms with Crippen molar-refractivity contribution in [3.8, 4) is 11.3 Å². The first kappa shape index (κ1) is 12.4. The van der Waals surface area contributed by atoms with Gasteiger partial charge in [-0.05, 0) is 12.1 Å². The molecule has 0 unspecified atom stereocenters. The topological polar surface area (TPSA) is 81.8 Å². The van der Waals surface area contributed by atoms with Crippen molar-refractivity contribution >= 4 is 28.2 Å². The number of nitrogens with zero attached hydrogens (tertiary/aromatic N) is 4. The Kier molecular flexibility index (Phi) is 3.00. The number of benzene rings is 1. The molecule has 3 aromatic rings. The molecule has 0 saturated heterocycles. The van der Waals surface area contributed by atoms with Crippen LogP contribution >= 0.6 is 11.6 Å². The molecule has 7 heteroatoms. The van der Waals surface area contributed by atoms with E-state index in [1.54, 1.807) is 6.07 Å². The molecule has 0 atom stereocenters. The van der Waals surface area contributed by atoms with Crippen LogP contribution < -0.4 is 0 Å². The molecular formula is C13H7ClN4O2. The van der Waals surface area contributed by atoms with Gasteiger partial charge in [0.2, 0.25) is 5.15 Å². The van der Waals surface area contributed by atoms with E-state index in [1.165, 1.54) is 12.5 Å². The minimum atomic E-state index is -0.590. The van der Waals surface area contributed by atoms with Crippen LogP contribution in [0.3, 0.4) is 0 Å². The highest BCUT2D eigenvalue weighted by Crippen LogP contribution is 2.32. The van der Waals surface area contributed by atoms with Gasteiger partial charge in [-0.2, -0.15) is 0 Å². The van der Waals surface area contributed by atoms with Crippen molar-refractivity contribution < 1.29 is 4.92 Å². The lowest BCUT2D eigenvalue weighted by Crippen LogP contribution is -1.98. The first-order valence-electron chi connectivity index (χ1n) is 5.67. The maximum absolute atomic E-state index is 11.1. The van der Waals surface area contributed by atoms with Crippen molar-refractivity contribution in [2.45, 2.75) is 0 Å². The number of pyridine rings is 1. The highest BCUT2D eigenvalue weighted by Gasteiger charge is 2.22. The second kappa shape index (κ2) is 4.82. The third kappa shape index (κ3) is 2.06. The summed E-state index contributed by atoms with van der Waals surface area (Å²) >= 11 is 5.78. The molecule has 98 valence electrons. The van der Waals surface area contributed by atoms with E-state index in [-0.39, 0.29) is 16.5 Å². The summed E-state index contributed by atoms with van der Waals surface area (Å²) in [6, 6.07) is 9.27. The summed E-state index contributed by atoms with van der Waals surface area (Å²) in [7, 11) is 0. The van der Waals surface area contributed by atoms with Crippen LogP contribution in [0.25, 0.3) is 22.2 Å². The van der Waals surface area contributed by atoms with Crippen molar-refractivity contribution in [2.24, 2.45) is 0 Å². The second-order valence-corrected chi connectivity index (χ2v) is 4.39. The summed E-state index contributed by atoms with van der Waals surface area (Å²) in [6.07, 6.45) is 2.73. The van der Waals surface area contributed by atoms with Crippen molar-refractivity contribution in [1.82, 2.24) is 15.0 Å². The zero-order valence-electron chi connectivity index (χ0n) is 10.0. The summed E-state index contributed by atoms with van der Waals surface area (Å²) in [6.45, 7) is 0. The van der Waals surface area contributed by atoms with Crippen molar-refractivity contribution in [1.29, 1.82) is 0 Å². The summed E-state index contributed by atoms with van der Waals surface area (Å²) in [4.78, 5) is 22.4. The minimum absolute atomic E-state index is 0.160. The number of aromatic nitrogens is 3. The molecule has 0 bridgehead atoms. The second-order valence-electron chi connectivity index (χ2n) is 4.04. The molecule has 6 nitrogen and oxygen atoms in total. The molecule has 0 spiro atoms. The highest BCUT2D eigenvalue weighted by molar-refractivity contribution is 6.31. The van der Waals surface area contributed by atoms with Gasteiger partial charge in [0.1, 0.15) is 6.33 Å². The van der Waals surface area contributed by atoms with E-state index in [1.807, 2.05) is 24.3 Å². The lowest BCUT2D eigenvalue weighted by Gasteiger charge is -2.04. The summed E-state index contributed by atoms with van der Waals surface area (Å²) in [5.74, 6) is 0. The van der Waals surface area contributed by atoms with E-state index in [9.17, 15) is 10.1 Å². The van der Waals surface area contributed by atoms with Crippen LogP contribution in [0.15, 0.2) is 42.9 Å². The Bertz CT molecular complexity index is 822. The van der Waals surface area contributed by atoms with Gasteiger partial charge < -0.3 is 0 Å². The molecule has 20 heavy (non-hydrogen) atoms. The van der Waals surface area contributed by atoms with Crippen LogP contribution in [-0.4, -0.2) is 19.9 Å². The summed E-state index contributed by atoms with van der Waals surface area (Å²) in [5, 5.41) is 11.8. The lowest BCUT2D eigenvalue weighted by molar-refractivity contribution is -0.384. The molecule has 3 rings (SSSR count). The van der Waals surface area contributed by atoms with E-state index < -0.39 is 4.92 Å². The molecule has 0 saturated carbocycles. The Morgan fingerprint density at radius 3 is 2.75 bits per heavy atom. The third-order valence-electron chi connectivity index (χ3n) is 2.82. The Labute approximate surface area is 118 Å². The molecule has 0 fully saturated rings. The maximum atomic E-state index is 11.1. The minimum Gasteiger partial charge on any atom is -0.258 e. The molecule has 2 aromatic heterocycles. The van der Waals surface area contributed by atoms with Gasteiger partial charge in [0, 0.05) is 17.1 Å². The Morgan fingerprint density at radius 1 is 1.15 bits per heavy atom. The van der Waals surface area contributed by atoms with Gasteiger partial charge in [-0.25, -0.2) is 9.97 Å². The van der Waals surface area contributed by atoms with Crippen LogP contribution in [0.4, 0.5) is 5.69 Å². The van der Waals surface area contributed by atoms with E-state index >= 15 is 0 Å². The number of halogens is 1. The van der Waals surface area contributed by atoms with E-state index in [0.717, 1.165) is 10.9 Å². The molecule has 0 amide bonds. The van der Waals surface area contributed by atoms with Crippen LogP contribution in [0.5, 0.6) is 0 Å². The van der Waals surface area contributed by atoms with E-state index in [0.29, 0.717) is 5.56 Å². The number of hydrogen-bond donors (Lipinski definition) is 0. The monoisotopic (exact) mass is 286 g/mol. The molecule has 0 aliphatic carbocycles. The summed E-state index contributed by atoms with van der Waals surface area (Å²) < 4.78 is 0. The van der Waals surface area contributed by atoms with Crippen LogP contribution in [0.2, 0.25) is 5.15 Å². The standard InChI is InChI=1S/C13H7ClN4O2/c14-13-12(18(19)20)11(16-7-17-13)9-5-8-3-1-2-4-10(8)15-6-9/h1-7H. The van der Waals surface area contributed by atoms with Crippen molar-refractivity contribution in [3.63, 3.8) is 0 Å². The van der Waals surface area contributed by atoms with Gasteiger partial charge in [-0.15, -0.1) is 0 Å². The molecular weight excluding hydrogens is 280 g/mol. The number of hydrogen-bond acceptors (Lipinski definition) is 5. The Morgan fingerprint density at radius 2 is 1.95 bits per heavy atom. The zero-order valence-corrected chi connectivity index (χ0v) is 10.8. The SMILES string of the molecule is O=[N+]([O-])c1c(Cl)ncnc1-c1cnc2ccccc2c1. The van der Waals surface area contributed by atoms with Crippen LogP contribution in [-0.2, 0) is 0 Å². The van der Waals surface area contributed by atoms with E-state index in [4.69, 9.17) is 11.6 Å². The Hall–Kier alpha value is -2.60. The van der Waals surface area contributed by atoms with Gasteiger partial charge in [0.15, 0.2) is 5.69 Å². The molecule has 0 radical (unpaired) electrons. The Balaban J connectivity index is 2.25. The molecule has 1 aromatic carbocycles. The van der Waals surface area contributed by atoms with Gasteiger partial charge in [-0.1, -0.05) is 29.8 Å². The predicted octanol–water partition coefficient (Wildman–Crippen LogP) is 3.25. The maximum Gasteiger partial charge on any atom is 0.332 e. The van der Waals surface area contributed by atoms with Gasteiger partial charge >= 0.3 is 5.69 Å². The van der Waals surface area contributed by atoms with E-state index in [2.05, 4.69) is 15.0 Å². The quantitative estimate of drug-likeness (QED) is 0.410. The first-order chi connectivity index (χ1) is 9.66.